The Labute approximate surface area is 194 Å². The smallest absolute Gasteiger partial charge is 0.383 e. The molecule has 0 N–H and O–H groups in total. The molecule has 1 aromatic heterocycles. The van der Waals surface area contributed by atoms with E-state index >= 15 is 0 Å². The second-order valence-electron chi connectivity index (χ2n) is 7.74. The number of aromatic nitrogens is 4. The summed E-state index contributed by atoms with van der Waals surface area (Å²) in [5.74, 6) is -0.514. The number of rotatable bonds is 6. The lowest BCUT2D eigenvalue weighted by Gasteiger charge is -2.13. The molecule has 0 saturated carbocycles. The van der Waals surface area contributed by atoms with Crippen molar-refractivity contribution < 1.29 is 18.0 Å². The summed E-state index contributed by atoms with van der Waals surface area (Å²) >= 11 is 0. The van der Waals surface area contributed by atoms with Crippen LogP contribution in [-0.4, -0.2) is 45.0 Å². The number of ketones is 1. The molecule has 172 valence electrons. The van der Waals surface area contributed by atoms with Gasteiger partial charge in [-0.2, -0.15) is 17.9 Å². The zero-order valence-electron chi connectivity index (χ0n) is 18.4. The van der Waals surface area contributed by atoms with Gasteiger partial charge in [-0.05, 0) is 45.8 Å². The maximum absolute atomic E-state index is 13.3. The molecule has 6 nitrogen and oxygen atoms in total. The third-order valence-electron chi connectivity index (χ3n) is 5.01. The van der Waals surface area contributed by atoms with Crippen molar-refractivity contribution in [2.24, 2.45) is 0 Å². The van der Waals surface area contributed by atoms with Gasteiger partial charge in [0.15, 0.2) is 11.6 Å². The first kappa shape index (κ1) is 22.9. The van der Waals surface area contributed by atoms with Gasteiger partial charge in [-0.3, -0.25) is 4.79 Å². The molecule has 1 heterocycles. The Morgan fingerprint density at radius 1 is 0.912 bits per heavy atom. The summed E-state index contributed by atoms with van der Waals surface area (Å²) < 4.78 is 40.9. The number of alkyl halides is 3. The van der Waals surface area contributed by atoms with Gasteiger partial charge in [-0.1, -0.05) is 54.6 Å². The highest BCUT2D eigenvalue weighted by atomic mass is 19.4. The summed E-state index contributed by atoms with van der Waals surface area (Å²) in [7, 11) is 3.39. The Morgan fingerprint density at radius 2 is 1.59 bits per heavy atom. The highest BCUT2D eigenvalue weighted by Crippen LogP contribution is 2.31. The van der Waals surface area contributed by atoms with E-state index in [1.165, 1.54) is 23.0 Å². The molecule has 4 rings (SSSR count). The molecule has 0 amide bonds. The van der Waals surface area contributed by atoms with Crippen molar-refractivity contribution in [3.63, 3.8) is 0 Å². The summed E-state index contributed by atoms with van der Waals surface area (Å²) in [6.45, 7) is 0. The van der Waals surface area contributed by atoms with Crippen LogP contribution in [0.5, 0.6) is 0 Å². The van der Waals surface area contributed by atoms with Crippen molar-refractivity contribution in [3.8, 4) is 16.8 Å². The number of tetrazole rings is 1. The fourth-order valence-electron chi connectivity index (χ4n) is 3.42. The molecule has 4 aromatic rings. The zero-order valence-corrected chi connectivity index (χ0v) is 18.4. The van der Waals surface area contributed by atoms with Gasteiger partial charge < -0.3 is 4.90 Å². The van der Waals surface area contributed by atoms with E-state index in [0.29, 0.717) is 5.69 Å². The molecule has 0 spiro atoms. The van der Waals surface area contributed by atoms with Gasteiger partial charge in [0.25, 0.3) is 0 Å². The Hall–Kier alpha value is -4.27. The second kappa shape index (κ2) is 9.30. The predicted molar refractivity (Wildman–Crippen MR) is 122 cm³/mol. The van der Waals surface area contributed by atoms with Crippen molar-refractivity contribution in [1.82, 2.24) is 25.1 Å². The number of Topliss-reactive ketones (excluding diaryl/α,β-unsaturated/α-hetero) is 1. The normalized spacial score (nSPS) is 12.0. The first-order valence-corrected chi connectivity index (χ1v) is 10.3. The standard InChI is InChI=1S/C25H20F3N5O/c1-32(2)16-22(23(34)19-9-6-10-20(15-19)25(26,27)28)24-29-30-31-33(24)21-13-11-18(12-14-21)17-7-4-3-5-8-17/h3-16H,1-2H3. The molecule has 0 saturated heterocycles. The minimum Gasteiger partial charge on any atom is -0.383 e. The van der Waals surface area contributed by atoms with Crippen LogP contribution in [0.3, 0.4) is 0 Å². The summed E-state index contributed by atoms with van der Waals surface area (Å²) in [5, 5.41) is 11.7. The van der Waals surface area contributed by atoms with Gasteiger partial charge in [0.05, 0.1) is 16.8 Å². The fraction of sp³-hybridized carbons (Fsp3) is 0.120. The number of halogens is 3. The van der Waals surface area contributed by atoms with Gasteiger partial charge in [0, 0.05) is 25.9 Å². The minimum absolute atomic E-state index is 0.0569. The van der Waals surface area contributed by atoms with E-state index in [2.05, 4.69) is 15.5 Å². The van der Waals surface area contributed by atoms with Crippen LogP contribution in [0, 0.1) is 0 Å². The quantitative estimate of drug-likeness (QED) is 0.293. The molecule has 0 bridgehead atoms. The third kappa shape index (κ3) is 4.88. The lowest BCUT2D eigenvalue weighted by atomic mass is 10.0. The molecule has 0 atom stereocenters. The lowest BCUT2D eigenvalue weighted by molar-refractivity contribution is -0.137. The SMILES string of the molecule is CN(C)C=C(C(=O)c1cccc(C(F)(F)F)c1)c1nnnn1-c1ccc(-c2ccccc2)cc1. The number of carbonyl (C=O) groups is 1. The molecule has 0 aliphatic heterocycles. The molecule has 9 heteroatoms. The Kier molecular flexibility index (Phi) is 6.27. The molecule has 0 fully saturated rings. The van der Waals surface area contributed by atoms with Crippen LogP contribution in [-0.2, 0) is 6.18 Å². The Morgan fingerprint density at radius 3 is 2.24 bits per heavy atom. The topological polar surface area (TPSA) is 63.9 Å². The van der Waals surface area contributed by atoms with E-state index in [-0.39, 0.29) is 17.0 Å². The zero-order chi connectivity index (χ0) is 24.3. The van der Waals surface area contributed by atoms with Crippen LogP contribution in [0.4, 0.5) is 13.2 Å². The molecule has 0 radical (unpaired) electrons. The summed E-state index contributed by atoms with van der Waals surface area (Å²) in [6, 6.07) is 21.5. The van der Waals surface area contributed by atoms with Crippen LogP contribution in [0.15, 0.2) is 85.1 Å². The summed E-state index contributed by atoms with van der Waals surface area (Å²) in [5.41, 5.74) is 1.67. The number of hydrogen-bond acceptors (Lipinski definition) is 5. The number of hydrogen-bond donors (Lipinski definition) is 0. The molecular formula is C25H20F3N5O. The maximum atomic E-state index is 13.3. The van der Waals surface area contributed by atoms with E-state index in [9.17, 15) is 18.0 Å². The maximum Gasteiger partial charge on any atom is 0.416 e. The van der Waals surface area contributed by atoms with Crippen LogP contribution in [0.2, 0.25) is 0 Å². The molecular weight excluding hydrogens is 443 g/mol. The van der Waals surface area contributed by atoms with Crippen molar-refractivity contribution in [2.45, 2.75) is 6.18 Å². The van der Waals surface area contributed by atoms with Crippen LogP contribution >= 0.6 is 0 Å². The van der Waals surface area contributed by atoms with E-state index in [4.69, 9.17) is 0 Å². The summed E-state index contributed by atoms with van der Waals surface area (Å²) in [4.78, 5) is 14.9. The van der Waals surface area contributed by atoms with Gasteiger partial charge >= 0.3 is 6.18 Å². The van der Waals surface area contributed by atoms with Crippen LogP contribution in [0.25, 0.3) is 22.4 Å². The van der Waals surface area contributed by atoms with Crippen LogP contribution < -0.4 is 0 Å². The van der Waals surface area contributed by atoms with Crippen LogP contribution in [0.1, 0.15) is 21.7 Å². The third-order valence-corrected chi connectivity index (χ3v) is 5.01. The highest BCUT2D eigenvalue weighted by molar-refractivity contribution is 6.28. The largest absolute Gasteiger partial charge is 0.416 e. The number of carbonyl (C=O) groups excluding carboxylic acids is 1. The molecule has 34 heavy (non-hydrogen) atoms. The van der Waals surface area contributed by atoms with E-state index in [0.717, 1.165) is 23.3 Å². The van der Waals surface area contributed by atoms with Gasteiger partial charge in [-0.25, -0.2) is 0 Å². The van der Waals surface area contributed by atoms with Crippen molar-refractivity contribution in [2.75, 3.05) is 14.1 Å². The average molecular weight is 463 g/mol. The summed E-state index contributed by atoms with van der Waals surface area (Å²) in [6.07, 6.45) is -3.08. The minimum atomic E-state index is -4.57. The second-order valence-corrected chi connectivity index (χ2v) is 7.74. The average Bonchev–Trinajstić information content (AvgIpc) is 3.32. The van der Waals surface area contributed by atoms with E-state index in [1.54, 1.807) is 19.0 Å². The lowest BCUT2D eigenvalue weighted by Crippen LogP contribution is -2.14. The van der Waals surface area contributed by atoms with E-state index < -0.39 is 17.5 Å². The van der Waals surface area contributed by atoms with Gasteiger partial charge in [0.1, 0.15) is 0 Å². The molecule has 0 aliphatic carbocycles. The molecule has 0 aliphatic rings. The van der Waals surface area contributed by atoms with Crippen molar-refractivity contribution in [1.29, 1.82) is 0 Å². The van der Waals surface area contributed by atoms with E-state index in [1.807, 2.05) is 54.6 Å². The van der Waals surface area contributed by atoms with Gasteiger partial charge in [-0.15, -0.1) is 5.10 Å². The number of benzene rings is 3. The number of allylic oxidation sites excluding steroid dienone is 1. The monoisotopic (exact) mass is 463 g/mol. The Balaban J connectivity index is 1.73. The predicted octanol–water partition coefficient (Wildman–Crippen LogP) is 5.13. The highest BCUT2D eigenvalue weighted by Gasteiger charge is 2.31. The van der Waals surface area contributed by atoms with Gasteiger partial charge in [0.2, 0.25) is 0 Å². The van der Waals surface area contributed by atoms with Crippen molar-refractivity contribution in [3.05, 3.63) is 102 Å². The molecule has 0 unspecified atom stereocenters. The molecule has 3 aromatic carbocycles. The van der Waals surface area contributed by atoms with Crippen molar-refractivity contribution >= 4 is 11.4 Å². The fourth-order valence-corrected chi connectivity index (χ4v) is 3.42. The number of nitrogens with zero attached hydrogens (tertiary/aromatic N) is 5. The first-order valence-electron chi connectivity index (χ1n) is 10.3. The Bertz CT molecular complexity index is 1330. The first-order chi connectivity index (χ1) is 16.2.